The first-order valence-electron chi connectivity index (χ1n) is 7.54. The van der Waals surface area contributed by atoms with E-state index in [9.17, 15) is 4.79 Å². The van der Waals surface area contributed by atoms with Crippen molar-refractivity contribution in [2.75, 3.05) is 24.6 Å². The Bertz CT molecular complexity index is 663. The average Bonchev–Trinajstić information content (AvgIpc) is 2.88. The summed E-state index contributed by atoms with van der Waals surface area (Å²) >= 11 is 5.77. The highest BCUT2D eigenvalue weighted by molar-refractivity contribution is 6.31. The molecule has 1 aromatic rings. The van der Waals surface area contributed by atoms with E-state index in [1.807, 2.05) is 0 Å². The summed E-state index contributed by atoms with van der Waals surface area (Å²) in [5.41, 5.74) is 11.0. The monoisotopic (exact) mass is 355 g/mol. The lowest BCUT2D eigenvalue weighted by atomic mass is 9.83. The second-order valence-electron chi connectivity index (χ2n) is 6.46. The molecule has 10 heteroatoms. The van der Waals surface area contributed by atoms with E-state index in [4.69, 9.17) is 28.2 Å². The number of carbonyl (C=O) groups is 1. The molecule has 0 saturated carbocycles. The molecule has 7 N–H and O–H groups in total. The molecule has 1 aromatic heterocycles. The first kappa shape index (κ1) is 18.2. The summed E-state index contributed by atoms with van der Waals surface area (Å²) in [7, 11) is 0. The van der Waals surface area contributed by atoms with Crippen molar-refractivity contribution in [1.29, 1.82) is 0 Å². The average molecular weight is 356 g/mol. The van der Waals surface area contributed by atoms with Crippen LogP contribution < -0.4 is 22.1 Å². The summed E-state index contributed by atoms with van der Waals surface area (Å²) in [5, 5.41) is 15.2. The van der Waals surface area contributed by atoms with Gasteiger partial charge in [0.15, 0.2) is 28.4 Å². The van der Waals surface area contributed by atoms with E-state index in [2.05, 4.69) is 39.4 Å². The predicted octanol–water partition coefficient (Wildman–Crippen LogP) is 0.151. The molecule has 0 aliphatic carbocycles. The number of anilines is 2. The molecule has 1 aliphatic rings. The van der Waals surface area contributed by atoms with Gasteiger partial charge in [0.05, 0.1) is 0 Å². The fraction of sp³-hybridized carbons (Fsp3) is 0.571. The Kier molecular flexibility index (Phi) is 5.45. The Hall–Kier alpha value is -2.13. The SMILES string of the molecule is CC(C)(CCO)CC1CN/C(=N/C(=O)c2nc(Cl)c(N)nc2N)N1. The van der Waals surface area contributed by atoms with E-state index in [0.717, 1.165) is 6.42 Å². The zero-order valence-electron chi connectivity index (χ0n) is 13.6. The lowest BCUT2D eigenvalue weighted by molar-refractivity contribution is 0.0998. The highest BCUT2D eigenvalue weighted by Gasteiger charge is 2.28. The first-order chi connectivity index (χ1) is 11.2. The van der Waals surface area contributed by atoms with E-state index in [1.165, 1.54) is 0 Å². The third-order valence-electron chi connectivity index (χ3n) is 3.77. The minimum absolute atomic E-state index is 0.0199. The maximum absolute atomic E-state index is 12.2. The van der Waals surface area contributed by atoms with Gasteiger partial charge in [-0.1, -0.05) is 25.4 Å². The Morgan fingerprint density at radius 3 is 2.79 bits per heavy atom. The third-order valence-corrected chi connectivity index (χ3v) is 4.04. The van der Waals surface area contributed by atoms with Gasteiger partial charge in [-0.3, -0.25) is 4.79 Å². The molecule has 0 radical (unpaired) electrons. The van der Waals surface area contributed by atoms with Crippen molar-refractivity contribution in [2.24, 2.45) is 10.4 Å². The number of amides is 1. The summed E-state index contributed by atoms with van der Waals surface area (Å²) in [4.78, 5) is 23.7. The number of carbonyl (C=O) groups excluding carboxylic acids is 1. The second kappa shape index (κ2) is 7.18. The number of nitrogen functional groups attached to an aromatic ring is 2. The first-order valence-corrected chi connectivity index (χ1v) is 7.92. The van der Waals surface area contributed by atoms with Crippen LogP contribution in [-0.4, -0.2) is 46.1 Å². The number of nitrogens with zero attached hydrogens (tertiary/aromatic N) is 3. The Morgan fingerprint density at radius 1 is 1.42 bits per heavy atom. The molecule has 24 heavy (non-hydrogen) atoms. The summed E-state index contributed by atoms with van der Waals surface area (Å²) in [5.74, 6) is -0.474. The van der Waals surface area contributed by atoms with Gasteiger partial charge in [-0.15, -0.1) is 0 Å². The number of aliphatic hydroxyl groups excluding tert-OH is 1. The lowest BCUT2D eigenvalue weighted by Crippen LogP contribution is -2.33. The van der Waals surface area contributed by atoms with E-state index in [1.54, 1.807) is 0 Å². The van der Waals surface area contributed by atoms with Crippen LogP contribution >= 0.6 is 11.6 Å². The van der Waals surface area contributed by atoms with Crippen molar-refractivity contribution in [3.8, 4) is 0 Å². The van der Waals surface area contributed by atoms with Crippen LogP contribution in [0.1, 0.15) is 37.2 Å². The van der Waals surface area contributed by atoms with E-state index < -0.39 is 5.91 Å². The number of aliphatic imine (C=N–C) groups is 1. The maximum atomic E-state index is 12.2. The fourth-order valence-corrected chi connectivity index (χ4v) is 2.66. The van der Waals surface area contributed by atoms with Crippen molar-refractivity contribution in [3.05, 3.63) is 10.8 Å². The van der Waals surface area contributed by atoms with Crippen LogP contribution in [0.5, 0.6) is 0 Å². The normalized spacial score (nSPS) is 19.2. The van der Waals surface area contributed by atoms with Crippen LogP contribution in [0.2, 0.25) is 5.15 Å². The molecule has 1 atom stereocenters. The molecule has 0 aromatic carbocycles. The van der Waals surface area contributed by atoms with Gasteiger partial charge >= 0.3 is 5.91 Å². The van der Waals surface area contributed by atoms with E-state index in [-0.39, 0.29) is 40.5 Å². The molecule has 1 unspecified atom stereocenters. The standard InChI is InChI=1S/C14H22ClN7O2/c1-14(2,3-4-23)5-7-6-18-13(19-7)22-12(24)8-10(16)21-11(17)9(15)20-8/h7,23H,3-6H2,1-2H3,(H4,16,17,21)(H2,18,19,22,24). The Balaban J connectivity index is 2.05. The van der Waals surface area contributed by atoms with Gasteiger partial charge in [0.1, 0.15) is 0 Å². The quantitative estimate of drug-likeness (QED) is 0.500. The number of nitrogens with one attached hydrogen (secondary N) is 2. The van der Waals surface area contributed by atoms with Gasteiger partial charge < -0.3 is 27.2 Å². The van der Waals surface area contributed by atoms with Crippen LogP contribution in [0.25, 0.3) is 0 Å². The van der Waals surface area contributed by atoms with Crippen molar-refractivity contribution < 1.29 is 9.90 Å². The second-order valence-corrected chi connectivity index (χ2v) is 6.82. The molecule has 2 heterocycles. The predicted molar refractivity (Wildman–Crippen MR) is 92.7 cm³/mol. The highest BCUT2D eigenvalue weighted by Crippen LogP contribution is 2.26. The van der Waals surface area contributed by atoms with Gasteiger partial charge in [-0.2, -0.15) is 4.99 Å². The van der Waals surface area contributed by atoms with Gasteiger partial charge in [0.2, 0.25) is 0 Å². The third kappa shape index (κ3) is 4.45. The Labute approximate surface area is 144 Å². The maximum Gasteiger partial charge on any atom is 0.302 e. The molecule has 1 aliphatic heterocycles. The Morgan fingerprint density at radius 2 is 2.12 bits per heavy atom. The zero-order valence-corrected chi connectivity index (χ0v) is 14.4. The molecule has 9 nitrogen and oxygen atoms in total. The van der Waals surface area contributed by atoms with Gasteiger partial charge in [0, 0.05) is 19.2 Å². The van der Waals surface area contributed by atoms with Crippen LogP contribution in [0.3, 0.4) is 0 Å². The molecule has 1 amide bonds. The van der Waals surface area contributed by atoms with Crippen molar-refractivity contribution in [3.63, 3.8) is 0 Å². The molecule has 0 bridgehead atoms. The molecule has 1 saturated heterocycles. The molecular weight excluding hydrogens is 334 g/mol. The largest absolute Gasteiger partial charge is 0.396 e. The van der Waals surface area contributed by atoms with Crippen molar-refractivity contribution in [2.45, 2.75) is 32.7 Å². The molecule has 0 spiro atoms. The minimum atomic E-state index is -0.660. The number of rotatable bonds is 5. The highest BCUT2D eigenvalue weighted by atomic mass is 35.5. The number of hydrogen-bond acceptors (Lipinski definition) is 6. The summed E-state index contributed by atoms with van der Waals surface area (Å²) < 4.78 is 0. The fourth-order valence-electron chi connectivity index (χ4n) is 2.54. The van der Waals surface area contributed by atoms with Crippen molar-refractivity contribution in [1.82, 2.24) is 20.6 Å². The number of nitrogens with two attached hydrogens (primary N) is 2. The van der Waals surface area contributed by atoms with Crippen LogP contribution in [0, 0.1) is 5.41 Å². The zero-order chi connectivity index (χ0) is 17.9. The topological polar surface area (TPSA) is 152 Å². The number of hydrogen-bond donors (Lipinski definition) is 5. The van der Waals surface area contributed by atoms with Gasteiger partial charge in [0.25, 0.3) is 0 Å². The smallest absolute Gasteiger partial charge is 0.302 e. The van der Waals surface area contributed by atoms with Crippen LogP contribution in [0.4, 0.5) is 11.6 Å². The van der Waals surface area contributed by atoms with E-state index >= 15 is 0 Å². The number of aromatic nitrogens is 2. The van der Waals surface area contributed by atoms with Gasteiger partial charge in [-0.05, 0) is 18.3 Å². The van der Waals surface area contributed by atoms with Crippen LogP contribution in [-0.2, 0) is 0 Å². The molecule has 2 rings (SSSR count). The molecular formula is C14H22ClN7O2. The summed E-state index contributed by atoms with van der Waals surface area (Å²) in [6.45, 7) is 4.93. The van der Waals surface area contributed by atoms with Crippen molar-refractivity contribution >= 4 is 35.1 Å². The summed E-state index contributed by atoms with van der Waals surface area (Å²) in [6, 6.07) is 0.108. The number of halogens is 1. The summed E-state index contributed by atoms with van der Waals surface area (Å²) in [6.07, 6.45) is 1.52. The van der Waals surface area contributed by atoms with Gasteiger partial charge in [-0.25, -0.2) is 9.97 Å². The lowest BCUT2D eigenvalue weighted by Gasteiger charge is -2.26. The number of aliphatic hydroxyl groups is 1. The van der Waals surface area contributed by atoms with Crippen LogP contribution in [0.15, 0.2) is 4.99 Å². The van der Waals surface area contributed by atoms with E-state index in [0.29, 0.717) is 18.9 Å². The molecule has 132 valence electrons. The minimum Gasteiger partial charge on any atom is -0.396 e. The molecule has 1 fully saturated rings. The number of guanidine groups is 1.